The summed E-state index contributed by atoms with van der Waals surface area (Å²) in [7, 11) is -4.34. The summed E-state index contributed by atoms with van der Waals surface area (Å²) in [5.74, 6) is -1.12. The van der Waals surface area contributed by atoms with Gasteiger partial charge in [-0.2, -0.15) is 13.5 Å². The number of aliphatic carboxylic acids is 1. The van der Waals surface area contributed by atoms with E-state index in [4.69, 9.17) is 5.11 Å². The smallest absolute Gasteiger partial charge is 0.327 e. The summed E-state index contributed by atoms with van der Waals surface area (Å²) in [6.45, 7) is -0.478. The van der Waals surface area contributed by atoms with Crippen LogP contribution in [0.25, 0.3) is 10.8 Å². The molecule has 2 aromatic carbocycles. The van der Waals surface area contributed by atoms with E-state index in [1.54, 1.807) is 18.2 Å². The first-order valence-electron chi connectivity index (χ1n) is 5.73. The number of hydrogen-bond acceptors (Lipinski definition) is 5. The van der Waals surface area contributed by atoms with Crippen molar-refractivity contribution in [1.29, 1.82) is 0 Å². The van der Waals surface area contributed by atoms with E-state index in [2.05, 4.69) is 15.8 Å². The molecule has 0 spiro atoms. The Morgan fingerprint density at radius 2 is 1.81 bits per heavy atom. The number of nitrogens with zero attached hydrogens (tertiary/aromatic N) is 2. The number of anilines is 1. The average molecular weight is 309 g/mol. The zero-order chi connectivity index (χ0) is 15.5. The Hall–Kier alpha value is -2.52. The Kier molecular flexibility index (Phi) is 4.15. The summed E-state index contributed by atoms with van der Waals surface area (Å²) in [5.41, 5.74) is 2.98. The average Bonchev–Trinajstić information content (AvgIpc) is 2.42. The Bertz CT molecular complexity index is 817. The van der Waals surface area contributed by atoms with Gasteiger partial charge in [0, 0.05) is 10.8 Å². The lowest BCUT2D eigenvalue weighted by atomic mass is 10.1. The molecule has 0 heterocycles. The zero-order valence-corrected chi connectivity index (χ0v) is 11.4. The fourth-order valence-electron chi connectivity index (χ4n) is 1.78. The number of carbonyl (C=O) groups is 1. The molecule has 9 heteroatoms. The molecule has 0 saturated heterocycles. The maximum atomic E-state index is 11.3. The van der Waals surface area contributed by atoms with E-state index in [0.29, 0.717) is 16.5 Å². The van der Waals surface area contributed by atoms with Gasteiger partial charge in [-0.1, -0.05) is 29.5 Å². The van der Waals surface area contributed by atoms with Gasteiger partial charge in [0.25, 0.3) is 10.1 Å². The van der Waals surface area contributed by atoms with Crippen LogP contribution in [0.15, 0.2) is 51.6 Å². The maximum absolute atomic E-state index is 11.3. The first-order chi connectivity index (χ1) is 9.89. The van der Waals surface area contributed by atoms with Gasteiger partial charge in [-0.25, -0.2) is 0 Å². The maximum Gasteiger partial charge on any atom is 0.327 e. The molecule has 0 bridgehead atoms. The van der Waals surface area contributed by atoms with Crippen LogP contribution in [0, 0.1) is 0 Å². The molecule has 0 unspecified atom stereocenters. The zero-order valence-electron chi connectivity index (χ0n) is 10.6. The Morgan fingerprint density at radius 3 is 2.43 bits per heavy atom. The molecule has 0 aliphatic carbocycles. The molecule has 0 aliphatic heterocycles. The number of carboxylic acid groups (broad SMARTS) is 1. The molecular formula is C12H11N3O5S. The predicted octanol–water partition coefficient (Wildman–Crippen LogP) is 1.95. The highest BCUT2D eigenvalue weighted by Crippen LogP contribution is 2.29. The van der Waals surface area contributed by atoms with Crippen LogP contribution < -0.4 is 5.43 Å². The minimum atomic E-state index is -4.34. The number of benzene rings is 2. The molecule has 0 amide bonds. The topological polar surface area (TPSA) is 128 Å². The van der Waals surface area contributed by atoms with Crippen LogP contribution in [-0.2, 0) is 14.9 Å². The van der Waals surface area contributed by atoms with Crippen molar-refractivity contribution >= 4 is 32.5 Å². The Balaban J connectivity index is 2.44. The van der Waals surface area contributed by atoms with E-state index >= 15 is 0 Å². The van der Waals surface area contributed by atoms with Crippen molar-refractivity contribution in [1.82, 2.24) is 0 Å². The third kappa shape index (κ3) is 3.52. The van der Waals surface area contributed by atoms with Gasteiger partial charge in [-0.05, 0) is 12.1 Å². The standard InChI is InChI=1S/C12H11N3O5S/c16-12(17)7-13-15-14-10-5-6-11(21(18,19)20)9-4-2-1-3-8(9)10/h1-6H,7H2,(H,13,14)(H,16,17)(H,18,19,20). The van der Waals surface area contributed by atoms with E-state index in [1.807, 2.05) is 0 Å². The normalized spacial score (nSPS) is 11.9. The van der Waals surface area contributed by atoms with E-state index in [9.17, 15) is 17.8 Å². The summed E-state index contributed by atoms with van der Waals surface area (Å²) in [5, 5.41) is 16.1. The van der Waals surface area contributed by atoms with Gasteiger partial charge < -0.3 is 5.11 Å². The SMILES string of the molecule is O=C(O)CN=NNc1ccc(S(=O)(=O)O)c2ccccc12. The number of rotatable bonds is 5. The van der Waals surface area contributed by atoms with Gasteiger partial charge in [0.05, 0.1) is 5.69 Å². The lowest BCUT2D eigenvalue weighted by molar-refractivity contribution is -0.135. The summed E-state index contributed by atoms with van der Waals surface area (Å²) >= 11 is 0. The number of fused-ring (bicyclic) bond motifs is 1. The van der Waals surface area contributed by atoms with Crippen molar-refractivity contribution in [3.05, 3.63) is 36.4 Å². The third-order valence-electron chi connectivity index (χ3n) is 2.61. The van der Waals surface area contributed by atoms with E-state index in [-0.39, 0.29) is 4.90 Å². The quantitative estimate of drug-likeness (QED) is 0.440. The highest BCUT2D eigenvalue weighted by molar-refractivity contribution is 7.86. The second kappa shape index (κ2) is 5.85. The van der Waals surface area contributed by atoms with Gasteiger partial charge in [0.2, 0.25) is 0 Å². The molecule has 110 valence electrons. The lowest BCUT2D eigenvalue weighted by Crippen LogP contribution is -2.01. The van der Waals surface area contributed by atoms with Gasteiger partial charge in [0.1, 0.15) is 4.90 Å². The molecule has 0 saturated carbocycles. The van der Waals surface area contributed by atoms with Crippen LogP contribution >= 0.6 is 0 Å². The molecule has 0 aliphatic rings. The highest BCUT2D eigenvalue weighted by Gasteiger charge is 2.15. The largest absolute Gasteiger partial charge is 0.480 e. The summed E-state index contributed by atoms with van der Waals surface area (Å²) in [6.07, 6.45) is 0. The van der Waals surface area contributed by atoms with Crippen LogP contribution in [0.2, 0.25) is 0 Å². The summed E-state index contributed by atoms with van der Waals surface area (Å²) in [6, 6.07) is 9.14. The van der Waals surface area contributed by atoms with Crippen LogP contribution in [0.4, 0.5) is 5.69 Å². The number of nitrogens with one attached hydrogen (secondary N) is 1. The monoisotopic (exact) mass is 309 g/mol. The minimum Gasteiger partial charge on any atom is -0.480 e. The molecule has 0 fully saturated rings. The molecule has 2 rings (SSSR count). The number of hydrogen-bond donors (Lipinski definition) is 3. The molecule has 0 atom stereocenters. The third-order valence-corrected chi connectivity index (χ3v) is 3.52. The van der Waals surface area contributed by atoms with E-state index in [0.717, 1.165) is 0 Å². The molecule has 0 radical (unpaired) electrons. The first kappa shape index (κ1) is 14.9. The molecule has 2 aromatic rings. The Labute approximate surface area is 119 Å². The number of carboxylic acids is 1. The second-order valence-corrected chi connectivity index (χ2v) is 5.43. The highest BCUT2D eigenvalue weighted by atomic mass is 32.2. The van der Waals surface area contributed by atoms with Gasteiger partial charge >= 0.3 is 5.97 Å². The van der Waals surface area contributed by atoms with Crippen molar-refractivity contribution in [2.45, 2.75) is 4.90 Å². The summed E-state index contributed by atoms with van der Waals surface area (Å²) < 4.78 is 31.8. The fraction of sp³-hybridized carbons (Fsp3) is 0.0833. The molecule has 8 nitrogen and oxygen atoms in total. The van der Waals surface area contributed by atoms with Crippen molar-refractivity contribution in [2.24, 2.45) is 10.3 Å². The van der Waals surface area contributed by atoms with E-state index < -0.39 is 22.6 Å². The summed E-state index contributed by atoms with van der Waals surface area (Å²) in [4.78, 5) is 10.1. The first-order valence-corrected chi connectivity index (χ1v) is 7.17. The van der Waals surface area contributed by atoms with Gasteiger partial charge in [0.15, 0.2) is 6.54 Å². The van der Waals surface area contributed by atoms with Crippen molar-refractivity contribution in [2.75, 3.05) is 12.0 Å². The van der Waals surface area contributed by atoms with Crippen molar-refractivity contribution < 1.29 is 22.9 Å². The van der Waals surface area contributed by atoms with Crippen LogP contribution in [-0.4, -0.2) is 30.6 Å². The van der Waals surface area contributed by atoms with Crippen LogP contribution in [0.5, 0.6) is 0 Å². The predicted molar refractivity (Wildman–Crippen MR) is 74.7 cm³/mol. The van der Waals surface area contributed by atoms with Crippen molar-refractivity contribution in [3.63, 3.8) is 0 Å². The second-order valence-electron chi connectivity index (χ2n) is 4.04. The molecule has 3 N–H and O–H groups in total. The molecule has 21 heavy (non-hydrogen) atoms. The fourth-order valence-corrected chi connectivity index (χ4v) is 2.47. The van der Waals surface area contributed by atoms with Crippen LogP contribution in [0.1, 0.15) is 0 Å². The minimum absolute atomic E-state index is 0.217. The van der Waals surface area contributed by atoms with E-state index in [1.165, 1.54) is 18.2 Å². The van der Waals surface area contributed by atoms with Crippen molar-refractivity contribution in [3.8, 4) is 0 Å². The molecule has 0 aromatic heterocycles. The molecular weight excluding hydrogens is 298 g/mol. The Morgan fingerprint density at radius 1 is 1.14 bits per heavy atom. The van der Waals surface area contributed by atoms with Crippen LogP contribution in [0.3, 0.4) is 0 Å². The van der Waals surface area contributed by atoms with Gasteiger partial charge in [-0.3, -0.25) is 14.8 Å². The van der Waals surface area contributed by atoms with Gasteiger partial charge in [-0.15, -0.1) is 0 Å². The lowest BCUT2D eigenvalue weighted by Gasteiger charge is -2.08.